The first-order chi connectivity index (χ1) is 16.3. The van der Waals surface area contributed by atoms with Crippen molar-refractivity contribution in [3.05, 3.63) is 63.6 Å². The molecule has 190 valence electrons. The zero-order valence-electron chi connectivity index (χ0n) is 22.7. The van der Waals surface area contributed by atoms with Gasteiger partial charge in [0.05, 0.1) is 4.91 Å². The third-order valence-electron chi connectivity index (χ3n) is 6.54. The number of benzene rings is 2. The molecule has 0 bridgehead atoms. The highest BCUT2D eigenvalue weighted by atomic mass is 32.2. The third kappa shape index (κ3) is 6.43. The van der Waals surface area contributed by atoms with Gasteiger partial charge in [0, 0.05) is 29.1 Å². The molecule has 5 heteroatoms. The van der Waals surface area contributed by atoms with Crippen LogP contribution in [0.5, 0.6) is 5.75 Å². The average molecular weight is 495 g/mol. The lowest BCUT2D eigenvalue weighted by atomic mass is 9.78. The second kappa shape index (κ2) is 10.7. The number of hydrogen-bond acceptors (Lipinski definition) is 4. The molecule has 1 amide bonds. The van der Waals surface area contributed by atoms with Gasteiger partial charge in [-0.15, -0.1) is 11.8 Å². The predicted molar refractivity (Wildman–Crippen MR) is 151 cm³/mol. The van der Waals surface area contributed by atoms with E-state index in [2.05, 4.69) is 85.0 Å². The van der Waals surface area contributed by atoms with Gasteiger partial charge in [-0.25, -0.2) is 0 Å². The van der Waals surface area contributed by atoms with Crippen LogP contribution < -0.4 is 5.32 Å². The maximum absolute atomic E-state index is 13.6. The molecular formula is C30H42N2O2S. The molecule has 1 aliphatic rings. The van der Waals surface area contributed by atoms with Crippen LogP contribution in [0.3, 0.4) is 0 Å². The minimum absolute atomic E-state index is 0.0611. The minimum Gasteiger partial charge on any atom is -0.507 e. The second-order valence-corrected chi connectivity index (χ2v) is 12.6. The normalized spacial score (nSPS) is 17.1. The van der Waals surface area contributed by atoms with E-state index in [4.69, 9.17) is 0 Å². The van der Waals surface area contributed by atoms with Crippen LogP contribution in [-0.4, -0.2) is 34.4 Å². The van der Waals surface area contributed by atoms with E-state index < -0.39 is 0 Å². The number of thioether (sulfide) groups is 1. The fourth-order valence-corrected chi connectivity index (χ4v) is 5.44. The Kier molecular flexibility index (Phi) is 8.31. The number of carbonyl (C=O) groups excluding carboxylic acids is 1. The largest absolute Gasteiger partial charge is 0.507 e. The van der Waals surface area contributed by atoms with Crippen molar-refractivity contribution in [3.8, 4) is 5.75 Å². The van der Waals surface area contributed by atoms with Crippen molar-refractivity contribution in [1.29, 1.82) is 0 Å². The molecule has 4 nitrogen and oxygen atoms in total. The summed E-state index contributed by atoms with van der Waals surface area (Å²) >= 11 is 1.62. The molecule has 0 spiro atoms. The van der Waals surface area contributed by atoms with Crippen LogP contribution in [0.25, 0.3) is 6.08 Å². The number of aromatic hydroxyl groups is 1. The van der Waals surface area contributed by atoms with E-state index in [0.29, 0.717) is 5.75 Å². The highest BCUT2D eigenvalue weighted by Gasteiger charge is 2.30. The zero-order valence-corrected chi connectivity index (χ0v) is 23.5. The molecule has 2 N–H and O–H groups in total. The van der Waals surface area contributed by atoms with Gasteiger partial charge in [0.25, 0.3) is 5.91 Å². The quantitative estimate of drug-likeness (QED) is 0.413. The molecule has 2 aromatic carbocycles. The van der Waals surface area contributed by atoms with E-state index in [1.807, 2.05) is 23.1 Å². The Bertz CT molecular complexity index is 1060. The summed E-state index contributed by atoms with van der Waals surface area (Å²) in [6, 6.07) is 12.5. The first-order valence-electron chi connectivity index (χ1n) is 12.7. The molecule has 0 aromatic heterocycles. The summed E-state index contributed by atoms with van der Waals surface area (Å²) < 4.78 is 0. The van der Waals surface area contributed by atoms with Gasteiger partial charge in [-0.05, 0) is 65.1 Å². The Morgan fingerprint density at radius 3 is 2.23 bits per heavy atom. The van der Waals surface area contributed by atoms with Crippen molar-refractivity contribution in [2.45, 2.75) is 85.2 Å². The average Bonchev–Trinajstić information content (AvgIpc) is 2.78. The van der Waals surface area contributed by atoms with Crippen LogP contribution in [0.1, 0.15) is 84.1 Å². The van der Waals surface area contributed by atoms with E-state index >= 15 is 0 Å². The molecule has 2 aromatic rings. The summed E-state index contributed by atoms with van der Waals surface area (Å²) in [7, 11) is 0. The Labute approximate surface area is 216 Å². The number of phenolic OH excluding ortho intramolecular Hbond substituents is 1. The van der Waals surface area contributed by atoms with E-state index in [1.165, 1.54) is 5.56 Å². The van der Waals surface area contributed by atoms with Gasteiger partial charge in [0.1, 0.15) is 11.9 Å². The lowest BCUT2D eigenvalue weighted by molar-refractivity contribution is -0.128. The maximum Gasteiger partial charge on any atom is 0.261 e. The van der Waals surface area contributed by atoms with Crippen molar-refractivity contribution in [1.82, 2.24) is 4.90 Å². The van der Waals surface area contributed by atoms with Gasteiger partial charge in [-0.2, -0.15) is 0 Å². The summed E-state index contributed by atoms with van der Waals surface area (Å²) in [6.07, 6.45) is 3.75. The molecule has 1 fully saturated rings. The first-order valence-corrected chi connectivity index (χ1v) is 13.7. The van der Waals surface area contributed by atoms with Gasteiger partial charge in [-0.1, -0.05) is 67.5 Å². The fourth-order valence-electron chi connectivity index (χ4n) is 4.47. The van der Waals surface area contributed by atoms with Gasteiger partial charge in [0.2, 0.25) is 0 Å². The zero-order chi connectivity index (χ0) is 26.0. The van der Waals surface area contributed by atoms with Crippen LogP contribution in [-0.2, 0) is 22.0 Å². The smallest absolute Gasteiger partial charge is 0.261 e. The molecule has 0 radical (unpaired) electrons. The summed E-state index contributed by atoms with van der Waals surface area (Å²) in [5, 5.41) is 14.6. The summed E-state index contributed by atoms with van der Waals surface area (Å²) in [6.45, 7) is 17.6. The molecule has 1 heterocycles. The van der Waals surface area contributed by atoms with Gasteiger partial charge >= 0.3 is 0 Å². The summed E-state index contributed by atoms with van der Waals surface area (Å²) in [4.78, 5) is 16.3. The highest BCUT2D eigenvalue weighted by molar-refractivity contribution is 8.04. The SMILES string of the molecule is CCc1cccc(NC(CC)N2CCS/C(=C/c3cc(C(C)(C)C)c(O)c(C(C)(C)C)c3)C2=O)c1. The van der Waals surface area contributed by atoms with Crippen LogP contribution in [0.2, 0.25) is 0 Å². The number of hydrogen-bond donors (Lipinski definition) is 2. The summed E-state index contributed by atoms with van der Waals surface area (Å²) in [5.74, 6) is 1.29. The summed E-state index contributed by atoms with van der Waals surface area (Å²) in [5.41, 5.74) is 4.69. The standard InChI is InChI=1S/C30H42N2O2S/c1-9-20-12-11-13-22(16-20)31-26(10-2)32-14-15-35-25(28(32)34)19-21-17-23(29(3,4)5)27(33)24(18-21)30(6,7)8/h11-13,16-19,26,31,33H,9-10,14-15H2,1-8H3/b25-19+. The molecule has 1 unspecified atom stereocenters. The van der Waals surface area contributed by atoms with Crippen molar-refractivity contribution in [3.63, 3.8) is 0 Å². The molecule has 1 aliphatic heterocycles. The Morgan fingerprint density at radius 1 is 1.06 bits per heavy atom. The molecule has 1 saturated heterocycles. The number of amides is 1. The lowest BCUT2D eigenvalue weighted by Crippen LogP contribution is -2.48. The fraction of sp³-hybridized carbons (Fsp3) is 0.500. The van der Waals surface area contributed by atoms with Crippen molar-refractivity contribution in [2.24, 2.45) is 0 Å². The molecule has 3 rings (SSSR count). The van der Waals surface area contributed by atoms with Crippen LogP contribution in [0, 0.1) is 0 Å². The van der Waals surface area contributed by atoms with Crippen LogP contribution in [0.4, 0.5) is 5.69 Å². The van der Waals surface area contributed by atoms with Gasteiger partial charge in [0.15, 0.2) is 0 Å². The number of carbonyl (C=O) groups is 1. The Morgan fingerprint density at radius 2 is 1.69 bits per heavy atom. The molecule has 35 heavy (non-hydrogen) atoms. The Balaban J connectivity index is 1.95. The predicted octanol–water partition coefficient (Wildman–Crippen LogP) is 7.31. The van der Waals surface area contributed by atoms with E-state index in [-0.39, 0.29) is 22.9 Å². The van der Waals surface area contributed by atoms with E-state index in [0.717, 1.165) is 52.4 Å². The number of nitrogens with one attached hydrogen (secondary N) is 1. The molecule has 1 atom stereocenters. The highest BCUT2D eigenvalue weighted by Crippen LogP contribution is 2.41. The topological polar surface area (TPSA) is 52.6 Å². The lowest BCUT2D eigenvalue weighted by Gasteiger charge is -2.36. The number of nitrogens with zero attached hydrogens (tertiary/aromatic N) is 1. The maximum atomic E-state index is 13.6. The van der Waals surface area contributed by atoms with Crippen molar-refractivity contribution < 1.29 is 9.90 Å². The van der Waals surface area contributed by atoms with Crippen LogP contribution in [0.15, 0.2) is 41.3 Å². The second-order valence-electron chi connectivity index (χ2n) is 11.4. The van der Waals surface area contributed by atoms with Crippen molar-refractivity contribution in [2.75, 3.05) is 17.6 Å². The van der Waals surface area contributed by atoms with Crippen LogP contribution >= 0.6 is 11.8 Å². The molecular weight excluding hydrogens is 452 g/mol. The van der Waals surface area contributed by atoms with E-state index in [1.54, 1.807) is 11.8 Å². The van der Waals surface area contributed by atoms with Gasteiger partial charge in [-0.3, -0.25) is 4.79 Å². The number of anilines is 1. The monoisotopic (exact) mass is 494 g/mol. The van der Waals surface area contributed by atoms with Crippen molar-refractivity contribution >= 4 is 29.4 Å². The molecule has 0 aliphatic carbocycles. The third-order valence-corrected chi connectivity index (χ3v) is 7.53. The Hall–Kier alpha value is -2.40. The minimum atomic E-state index is -0.210. The first kappa shape index (κ1) is 27.2. The van der Waals surface area contributed by atoms with Gasteiger partial charge < -0.3 is 15.3 Å². The number of phenols is 1. The van der Waals surface area contributed by atoms with E-state index in [9.17, 15) is 9.90 Å². The number of rotatable bonds is 6. The molecule has 0 saturated carbocycles. The number of aryl methyl sites for hydroxylation is 1.